The summed E-state index contributed by atoms with van der Waals surface area (Å²) in [5.74, 6) is 0.831. The third-order valence-electron chi connectivity index (χ3n) is 4.94. The zero-order chi connectivity index (χ0) is 18.6. The van der Waals surface area contributed by atoms with Gasteiger partial charge in [-0.2, -0.15) is 0 Å². The maximum absolute atomic E-state index is 13.0. The third kappa shape index (κ3) is 4.11. The fourth-order valence-electron chi connectivity index (χ4n) is 3.51. The Bertz CT molecular complexity index is 920. The average molecular weight is 382 g/mol. The number of fused-ring (bicyclic) bond motifs is 1. The number of amides is 1. The van der Waals surface area contributed by atoms with E-state index < -0.39 is 0 Å². The monoisotopic (exact) mass is 381 g/mol. The molecule has 1 aromatic heterocycles. The van der Waals surface area contributed by atoms with Crippen LogP contribution in [0.15, 0.2) is 53.7 Å². The minimum absolute atomic E-state index is 0.0520. The van der Waals surface area contributed by atoms with Crippen LogP contribution in [0.4, 0.5) is 0 Å². The van der Waals surface area contributed by atoms with Gasteiger partial charge in [-0.3, -0.25) is 4.79 Å². The Morgan fingerprint density at radius 2 is 2.00 bits per heavy atom. The van der Waals surface area contributed by atoms with Gasteiger partial charge in [0.05, 0.1) is 18.1 Å². The van der Waals surface area contributed by atoms with E-state index in [0.717, 1.165) is 40.3 Å². The summed E-state index contributed by atoms with van der Waals surface area (Å²) >= 11 is 1.45. The molecule has 2 aromatic carbocycles. The lowest BCUT2D eigenvalue weighted by atomic mass is 10.1. The summed E-state index contributed by atoms with van der Waals surface area (Å²) in [5, 5.41) is 3.62. The van der Waals surface area contributed by atoms with Crippen LogP contribution in [0, 0.1) is 0 Å². The number of benzene rings is 2. The predicted molar refractivity (Wildman–Crippen MR) is 108 cm³/mol. The maximum atomic E-state index is 13.0. The van der Waals surface area contributed by atoms with E-state index in [1.807, 2.05) is 48.5 Å². The fourth-order valence-corrected chi connectivity index (χ4v) is 4.52. The smallest absolute Gasteiger partial charge is 0.238 e. The first kappa shape index (κ1) is 17.9. The molecule has 2 N–H and O–H groups in total. The molecular formula is C21H23N3O2S. The van der Waals surface area contributed by atoms with E-state index in [2.05, 4.69) is 15.3 Å². The largest absolute Gasteiger partial charge is 0.497 e. The van der Waals surface area contributed by atoms with Gasteiger partial charge in [0.25, 0.3) is 0 Å². The summed E-state index contributed by atoms with van der Waals surface area (Å²) in [5.41, 5.74) is 2.75. The van der Waals surface area contributed by atoms with Gasteiger partial charge in [0.15, 0.2) is 5.16 Å². The van der Waals surface area contributed by atoms with Gasteiger partial charge in [0.1, 0.15) is 11.0 Å². The number of hydrogen-bond donors (Lipinski definition) is 2. The molecule has 140 valence electrons. The number of methoxy groups -OCH3 is 1. The number of ether oxygens (including phenoxy) is 1. The number of carbonyl (C=O) groups excluding carboxylic acids is 1. The van der Waals surface area contributed by atoms with Crippen molar-refractivity contribution in [2.75, 3.05) is 7.11 Å². The SMILES string of the molecule is COc1ccc2nc(S[C@H](C(=O)NC3CCCC3)c3ccccc3)[nH]c2c1. The Kier molecular flexibility index (Phi) is 5.34. The summed E-state index contributed by atoms with van der Waals surface area (Å²) in [4.78, 5) is 21.0. The summed E-state index contributed by atoms with van der Waals surface area (Å²) in [6, 6.07) is 15.9. The fraction of sp³-hybridized carbons (Fsp3) is 0.333. The second kappa shape index (κ2) is 8.05. The second-order valence-corrected chi connectivity index (χ2v) is 7.92. The van der Waals surface area contributed by atoms with E-state index in [4.69, 9.17) is 4.74 Å². The van der Waals surface area contributed by atoms with E-state index >= 15 is 0 Å². The van der Waals surface area contributed by atoms with Crippen molar-refractivity contribution in [3.8, 4) is 5.75 Å². The zero-order valence-electron chi connectivity index (χ0n) is 15.3. The quantitative estimate of drug-likeness (QED) is 0.619. The normalized spacial score (nSPS) is 15.7. The predicted octanol–water partition coefficient (Wildman–Crippen LogP) is 4.46. The van der Waals surface area contributed by atoms with Crippen molar-refractivity contribution in [3.63, 3.8) is 0 Å². The number of carbonyl (C=O) groups is 1. The minimum Gasteiger partial charge on any atom is -0.497 e. The number of nitrogens with zero attached hydrogens (tertiary/aromatic N) is 1. The molecule has 1 atom stereocenters. The highest BCUT2D eigenvalue weighted by Crippen LogP contribution is 2.35. The maximum Gasteiger partial charge on any atom is 0.238 e. The van der Waals surface area contributed by atoms with Gasteiger partial charge < -0.3 is 15.0 Å². The van der Waals surface area contributed by atoms with Gasteiger partial charge in [-0.05, 0) is 30.5 Å². The molecule has 1 saturated carbocycles. The molecule has 0 aliphatic heterocycles. The van der Waals surface area contributed by atoms with Crippen LogP contribution in [0.3, 0.4) is 0 Å². The second-order valence-electron chi connectivity index (χ2n) is 6.82. The van der Waals surface area contributed by atoms with Crippen LogP contribution in [0.2, 0.25) is 0 Å². The molecule has 1 heterocycles. The van der Waals surface area contributed by atoms with Crippen molar-refractivity contribution in [2.45, 2.75) is 42.1 Å². The molecule has 27 heavy (non-hydrogen) atoms. The highest BCUT2D eigenvalue weighted by atomic mass is 32.2. The van der Waals surface area contributed by atoms with E-state index in [9.17, 15) is 4.79 Å². The lowest BCUT2D eigenvalue weighted by Gasteiger charge is -2.19. The highest BCUT2D eigenvalue weighted by molar-refractivity contribution is 8.00. The van der Waals surface area contributed by atoms with Gasteiger partial charge in [-0.15, -0.1) is 0 Å². The van der Waals surface area contributed by atoms with Gasteiger partial charge in [-0.25, -0.2) is 4.98 Å². The zero-order valence-corrected chi connectivity index (χ0v) is 16.1. The summed E-state index contributed by atoms with van der Waals surface area (Å²) in [6.07, 6.45) is 4.53. The number of thioether (sulfide) groups is 1. The van der Waals surface area contributed by atoms with Crippen molar-refractivity contribution in [2.24, 2.45) is 0 Å². The summed E-state index contributed by atoms with van der Waals surface area (Å²) in [7, 11) is 1.64. The summed E-state index contributed by atoms with van der Waals surface area (Å²) in [6.45, 7) is 0. The third-order valence-corrected chi connectivity index (χ3v) is 6.08. The Morgan fingerprint density at radius 3 is 2.74 bits per heavy atom. The van der Waals surface area contributed by atoms with Gasteiger partial charge >= 0.3 is 0 Å². The number of rotatable bonds is 6. The highest BCUT2D eigenvalue weighted by Gasteiger charge is 2.26. The minimum atomic E-state index is -0.339. The topological polar surface area (TPSA) is 67.0 Å². The molecule has 5 nitrogen and oxygen atoms in total. The van der Waals surface area contributed by atoms with Gasteiger partial charge in [0.2, 0.25) is 5.91 Å². The summed E-state index contributed by atoms with van der Waals surface area (Å²) < 4.78 is 5.28. The van der Waals surface area contributed by atoms with Gasteiger partial charge in [-0.1, -0.05) is 54.9 Å². The van der Waals surface area contributed by atoms with E-state index in [0.29, 0.717) is 6.04 Å². The number of H-pyrrole nitrogens is 1. The standard InChI is InChI=1S/C21H23N3O2S/c1-26-16-11-12-17-18(13-16)24-21(23-17)27-19(14-7-3-2-4-8-14)20(25)22-15-9-5-6-10-15/h2-4,7-8,11-13,15,19H,5-6,9-10H2,1H3,(H,22,25)(H,23,24)/t19-/m0/s1. The van der Waals surface area contributed by atoms with Crippen LogP contribution in [0.25, 0.3) is 11.0 Å². The molecule has 0 spiro atoms. The van der Waals surface area contributed by atoms with E-state index in [1.54, 1.807) is 7.11 Å². The van der Waals surface area contributed by atoms with Crippen LogP contribution >= 0.6 is 11.8 Å². The first-order chi connectivity index (χ1) is 13.2. The number of hydrogen-bond acceptors (Lipinski definition) is 4. The molecule has 0 saturated heterocycles. The molecule has 1 amide bonds. The first-order valence-electron chi connectivity index (χ1n) is 9.28. The lowest BCUT2D eigenvalue weighted by Crippen LogP contribution is -2.35. The Hall–Kier alpha value is -2.47. The average Bonchev–Trinajstić information content (AvgIpc) is 3.35. The molecule has 0 bridgehead atoms. The van der Waals surface area contributed by atoms with Crippen LogP contribution in [0.1, 0.15) is 36.5 Å². The van der Waals surface area contributed by atoms with Crippen LogP contribution in [-0.2, 0) is 4.79 Å². The van der Waals surface area contributed by atoms with Crippen molar-refractivity contribution < 1.29 is 9.53 Å². The van der Waals surface area contributed by atoms with Crippen LogP contribution < -0.4 is 10.1 Å². The molecule has 0 radical (unpaired) electrons. The van der Waals surface area contributed by atoms with Crippen molar-refractivity contribution in [1.82, 2.24) is 15.3 Å². The van der Waals surface area contributed by atoms with Crippen molar-refractivity contribution in [1.29, 1.82) is 0 Å². The van der Waals surface area contributed by atoms with Crippen LogP contribution in [-0.4, -0.2) is 29.0 Å². The van der Waals surface area contributed by atoms with Crippen LogP contribution in [0.5, 0.6) is 5.75 Å². The number of imidazole rings is 1. The number of aromatic nitrogens is 2. The molecule has 1 aliphatic rings. The Balaban J connectivity index is 1.59. The van der Waals surface area contributed by atoms with Crippen molar-refractivity contribution in [3.05, 3.63) is 54.1 Å². The van der Waals surface area contributed by atoms with Crippen molar-refractivity contribution >= 4 is 28.7 Å². The van der Waals surface area contributed by atoms with E-state index in [1.165, 1.54) is 24.6 Å². The molecule has 4 rings (SSSR count). The first-order valence-corrected chi connectivity index (χ1v) is 10.2. The van der Waals surface area contributed by atoms with Gasteiger partial charge in [0, 0.05) is 12.1 Å². The molecule has 1 aliphatic carbocycles. The molecule has 1 fully saturated rings. The number of aromatic amines is 1. The Labute approximate surface area is 162 Å². The lowest BCUT2D eigenvalue weighted by molar-refractivity contribution is -0.121. The van der Waals surface area contributed by atoms with E-state index in [-0.39, 0.29) is 11.2 Å². The number of nitrogens with one attached hydrogen (secondary N) is 2. The molecule has 3 aromatic rings. The molecule has 0 unspecified atom stereocenters. The Morgan fingerprint density at radius 1 is 1.22 bits per heavy atom. The molecular weight excluding hydrogens is 358 g/mol. The molecule has 6 heteroatoms.